The van der Waals surface area contributed by atoms with Crippen molar-refractivity contribution in [3.8, 4) is 0 Å². The predicted octanol–water partition coefficient (Wildman–Crippen LogP) is 6.73. The Hall–Kier alpha value is -0.890. The lowest BCUT2D eigenvalue weighted by Gasteiger charge is -2.05. The van der Waals surface area contributed by atoms with Gasteiger partial charge in [0.1, 0.15) is 5.00 Å². The van der Waals surface area contributed by atoms with Crippen LogP contribution in [0.1, 0.15) is 65.9 Å². The van der Waals surface area contributed by atoms with E-state index in [1.807, 2.05) is 19.2 Å². The summed E-state index contributed by atoms with van der Waals surface area (Å²) in [5, 5.41) is 3.09. The molecule has 2 heteroatoms. The van der Waals surface area contributed by atoms with E-state index in [0.717, 1.165) is 22.1 Å². The largest absolute Gasteiger partial charge is 0.250 e. The number of allylic oxidation sites excluding steroid dienone is 1. The summed E-state index contributed by atoms with van der Waals surface area (Å²) < 4.78 is 0. The molecule has 0 unspecified atom stereocenters. The van der Waals surface area contributed by atoms with Crippen LogP contribution in [0.4, 0.5) is 5.00 Å². The van der Waals surface area contributed by atoms with Crippen LogP contribution in [-0.2, 0) is 0 Å². The molecule has 1 aromatic rings. The van der Waals surface area contributed by atoms with Gasteiger partial charge in [0.25, 0.3) is 0 Å². The van der Waals surface area contributed by atoms with Crippen LogP contribution in [0, 0.1) is 5.92 Å². The van der Waals surface area contributed by atoms with Gasteiger partial charge in [0, 0.05) is 11.8 Å². The van der Waals surface area contributed by atoms with Gasteiger partial charge in [-0.2, -0.15) is 0 Å². The average molecular weight is 279 g/mol. The molecule has 0 aliphatic heterocycles. The summed E-state index contributed by atoms with van der Waals surface area (Å²) in [5.74, 6) is 0.963. The van der Waals surface area contributed by atoms with Crippen molar-refractivity contribution in [3.63, 3.8) is 0 Å². The van der Waals surface area contributed by atoms with Gasteiger partial charge in [-0.1, -0.05) is 53.0 Å². The summed E-state index contributed by atoms with van der Waals surface area (Å²) in [7, 11) is 0. The molecule has 108 valence electrons. The molecule has 0 amide bonds. The van der Waals surface area contributed by atoms with Gasteiger partial charge in [-0.05, 0) is 36.8 Å². The van der Waals surface area contributed by atoms with Crippen LogP contribution < -0.4 is 0 Å². The van der Waals surface area contributed by atoms with Crippen LogP contribution in [-0.4, -0.2) is 6.21 Å². The van der Waals surface area contributed by atoms with Gasteiger partial charge in [-0.25, -0.2) is 0 Å². The molecule has 0 radical (unpaired) electrons. The van der Waals surface area contributed by atoms with E-state index >= 15 is 0 Å². The number of thiophene rings is 1. The van der Waals surface area contributed by atoms with E-state index in [4.69, 9.17) is 0 Å². The lowest BCUT2D eigenvalue weighted by molar-refractivity contribution is 0.480. The van der Waals surface area contributed by atoms with Gasteiger partial charge in [0.2, 0.25) is 0 Å². The topological polar surface area (TPSA) is 12.4 Å². The second kappa shape index (κ2) is 11.0. The Labute approximate surface area is 123 Å². The molecule has 0 aliphatic carbocycles. The average Bonchev–Trinajstić information content (AvgIpc) is 2.79. The van der Waals surface area contributed by atoms with Gasteiger partial charge < -0.3 is 0 Å². The molecule has 1 aromatic heterocycles. The fourth-order valence-corrected chi connectivity index (χ4v) is 2.84. The molecule has 0 spiro atoms. The maximum atomic E-state index is 4.22. The highest BCUT2D eigenvalue weighted by Crippen LogP contribution is 2.30. The molecule has 1 nitrogen and oxygen atoms in total. The second-order valence-corrected chi connectivity index (χ2v) is 5.88. The quantitative estimate of drug-likeness (QED) is 0.512. The first kappa shape index (κ1) is 18.1. The maximum Gasteiger partial charge on any atom is 0.123 e. The zero-order valence-corrected chi connectivity index (χ0v) is 14.0. The Bertz CT molecular complexity index is 370. The van der Waals surface area contributed by atoms with Gasteiger partial charge in [-0.3, -0.25) is 4.99 Å². The molecule has 0 fully saturated rings. The van der Waals surface area contributed by atoms with Crippen LogP contribution >= 0.6 is 11.3 Å². The number of hydrogen-bond donors (Lipinski definition) is 0. The van der Waals surface area contributed by atoms with E-state index in [2.05, 4.69) is 38.4 Å². The molecular formula is C17H29NS. The maximum absolute atomic E-state index is 4.22. The smallest absolute Gasteiger partial charge is 0.123 e. The van der Waals surface area contributed by atoms with Gasteiger partial charge >= 0.3 is 0 Å². The van der Waals surface area contributed by atoms with Crippen molar-refractivity contribution in [2.24, 2.45) is 10.9 Å². The summed E-state index contributed by atoms with van der Waals surface area (Å²) in [6, 6.07) is 2.05. The Kier molecular flexibility index (Phi) is 10.5. The predicted molar refractivity (Wildman–Crippen MR) is 91.8 cm³/mol. The summed E-state index contributed by atoms with van der Waals surface area (Å²) >= 11 is 1.64. The third-order valence-corrected chi connectivity index (χ3v) is 3.73. The van der Waals surface area contributed by atoms with E-state index in [9.17, 15) is 0 Å². The van der Waals surface area contributed by atoms with Crippen molar-refractivity contribution in [2.45, 2.75) is 60.3 Å². The van der Waals surface area contributed by atoms with E-state index in [1.54, 1.807) is 17.6 Å². The van der Waals surface area contributed by atoms with Crippen molar-refractivity contribution in [3.05, 3.63) is 23.6 Å². The summed E-state index contributed by atoms with van der Waals surface area (Å²) in [6.07, 6.45) is 7.32. The van der Waals surface area contributed by atoms with Gasteiger partial charge in [0.05, 0.1) is 0 Å². The Balaban J connectivity index is 0.000000362. The third-order valence-electron chi connectivity index (χ3n) is 2.91. The van der Waals surface area contributed by atoms with E-state index in [1.165, 1.54) is 25.7 Å². The monoisotopic (exact) mass is 279 g/mol. The molecule has 1 rings (SSSR count). The normalized spacial score (nSPS) is 10.6. The number of hydrogen-bond acceptors (Lipinski definition) is 2. The van der Waals surface area contributed by atoms with Crippen LogP contribution in [0.2, 0.25) is 0 Å². The Morgan fingerprint density at radius 2 is 1.95 bits per heavy atom. The standard InChI is InChI=1S/C9H11NS.C8H18/c1-4-10-9-8(7(2)3)5-6-11-9;1-4-6-8(3)7-5-2/h4-6H,2H2,1,3H3;8H,4-7H2,1-3H3/b10-4-;. The summed E-state index contributed by atoms with van der Waals surface area (Å²) in [6.45, 7) is 14.6. The number of rotatable bonds is 6. The lowest BCUT2D eigenvalue weighted by Crippen LogP contribution is -1.91. The van der Waals surface area contributed by atoms with E-state index in [0.29, 0.717) is 0 Å². The Morgan fingerprint density at radius 1 is 1.37 bits per heavy atom. The second-order valence-electron chi connectivity index (χ2n) is 4.99. The van der Waals surface area contributed by atoms with Crippen molar-refractivity contribution in [1.82, 2.24) is 0 Å². The highest BCUT2D eigenvalue weighted by atomic mass is 32.1. The van der Waals surface area contributed by atoms with Crippen LogP contribution in [0.15, 0.2) is 23.0 Å². The first-order chi connectivity index (χ1) is 9.06. The zero-order valence-electron chi connectivity index (χ0n) is 13.2. The zero-order chi connectivity index (χ0) is 14.7. The number of aliphatic imine (C=N–C) groups is 1. The fourth-order valence-electron chi connectivity index (χ4n) is 1.97. The van der Waals surface area contributed by atoms with Crippen LogP contribution in [0.3, 0.4) is 0 Å². The number of nitrogens with zero attached hydrogens (tertiary/aromatic N) is 1. The summed E-state index contributed by atoms with van der Waals surface area (Å²) in [5.41, 5.74) is 2.24. The van der Waals surface area contributed by atoms with Crippen LogP contribution in [0.5, 0.6) is 0 Å². The minimum Gasteiger partial charge on any atom is -0.250 e. The summed E-state index contributed by atoms with van der Waals surface area (Å²) in [4.78, 5) is 4.22. The SMILES string of the molecule is C=C(C)c1ccsc1/N=C\C.CCCC(C)CCC. The van der Waals surface area contributed by atoms with Crippen LogP contribution in [0.25, 0.3) is 5.57 Å². The van der Waals surface area contributed by atoms with Crippen molar-refractivity contribution < 1.29 is 0 Å². The third kappa shape index (κ3) is 7.99. The highest BCUT2D eigenvalue weighted by molar-refractivity contribution is 7.14. The Morgan fingerprint density at radius 3 is 2.37 bits per heavy atom. The molecule has 0 aliphatic rings. The van der Waals surface area contributed by atoms with E-state index < -0.39 is 0 Å². The molecule has 0 saturated heterocycles. The first-order valence-electron chi connectivity index (χ1n) is 7.28. The van der Waals surface area contributed by atoms with Gasteiger partial charge in [-0.15, -0.1) is 11.3 Å². The molecule has 19 heavy (non-hydrogen) atoms. The molecule has 0 saturated carbocycles. The van der Waals surface area contributed by atoms with E-state index in [-0.39, 0.29) is 0 Å². The molecule has 0 bridgehead atoms. The molecule has 1 heterocycles. The van der Waals surface area contributed by atoms with Crippen molar-refractivity contribution >= 4 is 28.1 Å². The molecule has 0 atom stereocenters. The van der Waals surface area contributed by atoms with Gasteiger partial charge in [0.15, 0.2) is 0 Å². The fraction of sp³-hybridized carbons (Fsp3) is 0.588. The first-order valence-corrected chi connectivity index (χ1v) is 8.16. The lowest BCUT2D eigenvalue weighted by atomic mass is 10.0. The molecule has 0 N–H and O–H groups in total. The molecular weight excluding hydrogens is 250 g/mol. The minimum atomic E-state index is 0.963. The molecule has 0 aromatic carbocycles. The van der Waals surface area contributed by atoms with Crippen molar-refractivity contribution in [1.29, 1.82) is 0 Å². The van der Waals surface area contributed by atoms with Crippen molar-refractivity contribution in [2.75, 3.05) is 0 Å². The highest BCUT2D eigenvalue weighted by Gasteiger charge is 2.01. The minimum absolute atomic E-state index is 0.963.